The van der Waals surface area contributed by atoms with E-state index in [9.17, 15) is 0 Å². The SMILES string of the molecule is Cc1ccc(-c2ccc(-c3nc(-c4ccc(-c5c(-c6ccccc6)cccc5-c5ccccc5)cc4)nc(-c4ccc5c(c4)oc4ccccc45)n3)cc2)c(C)n1. The van der Waals surface area contributed by atoms with Gasteiger partial charge in [-0.25, -0.2) is 15.0 Å². The van der Waals surface area contributed by atoms with Crippen molar-refractivity contribution < 1.29 is 4.42 Å². The van der Waals surface area contributed by atoms with Gasteiger partial charge in [-0.3, -0.25) is 4.98 Å². The maximum absolute atomic E-state index is 6.28. The van der Waals surface area contributed by atoms with Crippen molar-refractivity contribution in [1.82, 2.24) is 19.9 Å². The van der Waals surface area contributed by atoms with Crippen LogP contribution in [-0.2, 0) is 0 Å². The van der Waals surface area contributed by atoms with E-state index in [2.05, 4.69) is 157 Å². The molecule has 3 heterocycles. The van der Waals surface area contributed by atoms with Gasteiger partial charge in [0.15, 0.2) is 17.5 Å². The molecule has 3 aromatic heterocycles. The van der Waals surface area contributed by atoms with Crippen molar-refractivity contribution >= 4 is 21.9 Å². The Balaban J connectivity index is 1.10. The summed E-state index contributed by atoms with van der Waals surface area (Å²) in [5.41, 5.74) is 15.5. The molecule has 10 aromatic rings. The number of aryl methyl sites for hydroxylation is 2. The van der Waals surface area contributed by atoms with Crippen LogP contribution < -0.4 is 0 Å². The Labute approximate surface area is 331 Å². The number of benzene rings is 7. The first-order chi connectivity index (χ1) is 28.1. The second-order valence-corrected chi connectivity index (χ2v) is 14.3. The molecular formula is C52H36N4O. The molecular weight excluding hydrogens is 697 g/mol. The van der Waals surface area contributed by atoms with Gasteiger partial charge in [0, 0.05) is 44.4 Å². The number of pyridine rings is 1. The molecule has 5 heteroatoms. The van der Waals surface area contributed by atoms with Gasteiger partial charge in [0.25, 0.3) is 0 Å². The molecule has 0 aliphatic rings. The molecule has 0 fully saturated rings. The van der Waals surface area contributed by atoms with E-state index in [0.29, 0.717) is 17.5 Å². The molecule has 5 nitrogen and oxygen atoms in total. The summed E-state index contributed by atoms with van der Waals surface area (Å²) >= 11 is 0. The lowest BCUT2D eigenvalue weighted by Crippen LogP contribution is -2.00. The highest BCUT2D eigenvalue weighted by Gasteiger charge is 2.18. The summed E-state index contributed by atoms with van der Waals surface area (Å²) in [5.74, 6) is 1.76. The average Bonchev–Trinajstić information content (AvgIpc) is 3.65. The average molecular weight is 733 g/mol. The summed E-state index contributed by atoms with van der Waals surface area (Å²) < 4.78 is 6.28. The molecule has 0 amide bonds. The minimum Gasteiger partial charge on any atom is -0.456 e. The van der Waals surface area contributed by atoms with Crippen LogP contribution >= 0.6 is 0 Å². The number of fused-ring (bicyclic) bond motifs is 3. The predicted octanol–water partition coefficient (Wildman–Crippen LogP) is 13.5. The Bertz CT molecular complexity index is 3000. The molecule has 10 rings (SSSR count). The zero-order valence-electron chi connectivity index (χ0n) is 31.5. The molecule has 0 aliphatic heterocycles. The topological polar surface area (TPSA) is 64.7 Å². The van der Waals surface area contributed by atoms with Gasteiger partial charge in [0.05, 0.1) is 0 Å². The minimum atomic E-state index is 0.574. The van der Waals surface area contributed by atoms with Crippen LogP contribution in [0.15, 0.2) is 186 Å². The first-order valence-electron chi connectivity index (χ1n) is 19.1. The second-order valence-electron chi connectivity index (χ2n) is 14.3. The van der Waals surface area contributed by atoms with Crippen LogP contribution in [0.2, 0.25) is 0 Å². The fraction of sp³-hybridized carbons (Fsp3) is 0.0385. The number of aromatic nitrogens is 4. The van der Waals surface area contributed by atoms with Crippen molar-refractivity contribution in [3.63, 3.8) is 0 Å². The zero-order valence-corrected chi connectivity index (χ0v) is 31.5. The van der Waals surface area contributed by atoms with Gasteiger partial charge in [-0.2, -0.15) is 0 Å². The van der Waals surface area contributed by atoms with Crippen LogP contribution in [0.3, 0.4) is 0 Å². The van der Waals surface area contributed by atoms with Crippen LogP contribution in [0.5, 0.6) is 0 Å². The number of nitrogens with zero attached hydrogens (tertiary/aromatic N) is 4. The van der Waals surface area contributed by atoms with Crippen LogP contribution in [0.4, 0.5) is 0 Å². The van der Waals surface area contributed by atoms with Gasteiger partial charge < -0.3 is 4.42 Å². The molecule has 7 aromatic carbocycles. The molecule has 0 unspecified atom stereocenters. The highest BCUT2D eigenvalue weighted by atomic mass is 16.3. The van der Waals surface area contributed by atoms with Crippen LogP contribution in [0.1, 0.15) is 11.4 Å². The third-order valence-electron chi connectivity index (χ3n) is 10.6. The lowest BCUT2D eigenvalue weighted by atomic mass is 9.87. The molecule has 0 radical (unpaired) electrons. The van der Waals surface area contributed by atoms with Gasteiger partial charge in [0.1, 0.15) is 11.2 Å². The van der Waals surface area contributed by atoms with E-state index in [4.69, 9.17) is 19.4 Å². The van der Waals surface area contributed by atoms with Crippen molar-refractivity contribution in [3.8, 4) is 78.7 Å². The van der Waals surface area contributed by atoms with E-state index in [1.807, 2.05) is 44.2 Å². The standard InChI is InChI=1S/C52H36N4O/c1-33-20-30-42(34(2)53-33)37-21-25-39(26-22-37)50-54-51(56-52(55-50)41-29-31-46-45-16-9-10-19-47(45)57-48(46)32-41)40-27-23-38(24-28-40)49-43(35-12-5-3-6-13-35)17-11-18-44(49)36-14-7-4-8-15-36/h3-32H,1-2H3. The van der Waals surface area contributed by atoms with E-state index >= 15 is 0 Å². The molecule has 57 heavy (non-hydrogen) atoms. The normalized spacial score (nSPS) is 11.3. The summed E-state index contributed by atoms with van der Waals surface area (Å²) in [6.07, 6.45) is 0. The molecule has 0 aliphatic carbocycles. The van der Waals surface area contributed by atoms with Gasteiger partial charge in [0.2, 0.25) is 0 Å². The number of hydrogen-bond acceptors (Lipinski definition) is 5. The number of furan rings is 1. The Kier molecular flexibility index (Phi) is 8.53. The molecule has 0 atom stereocenters. The summed E-state index contributed by atoms with van der Waals surface area (Å²) in [6.45, 7) is 4.06. The van der Waals surface area contributed by atoms with Crippen molar-refractivity contribution in [2.75, 3.05) is 0 Å². The van der Waals surface area contributed by atoms with Crippen LogP contribution in [-0.4, -0.2) is 19.9 Å². The van der Waals surface area contributed by atoms with Crippen molar-refractivity contribution in [3.05, 3.63) is 193 Å². The lowest BCUT2D eigenvalue weighted by Gasteiger charge is -2.17. The van der Waals surface area contributed by atoms with Crippen molar-refractivity contribution in [2.24, 2.45) is 0 Å². The third kappa shape index (κ3) is 6.45. The third-order valence-corrected chi connectivity index (χ3v) is 10.6. The van der Waals surface area contributed by atoms with Crippen molar-refractivity contribution in [2.45, 2.75) is 13.8 Å². The number of hydrogen-bond donors (Lipinski definition) is 0. The maximum Gasteiger partial charge on any atom is 0.164 e. The Morgan fingerprint density at radius 2 is 0.825 bits per heavy atom. The zero-order chi connectivity index (χ0) is 38.3. The number of rotatable bonds is 7. The Morgan fingerprint density at radius 1 is 0.333 bits per heavy atom. The van der Waals surface area contributed by atoms with E-state index in [0.717, 1.165) is 66.7 Å². The van der Waals surface area contributed by atoms with Crippen molar-refractivity contribution in [1.29, 1.82) is 0 Å². The molecule has 0 spiro atoms. The summed E-state index contributed by atoms with van der Waals surface area (Å²) in [7, 11) is 0. The summed E-state index contributed by atoms with van der Waals surface area (Å²) in [6, 6.07) is 63.2. The van der Waals surface area contributed by atoms with E-state index < -0.39 is 0 Å². The van der Waals surface area contributed by atoms with Crippen LogP contribution in [0, 0.1) is 13.8 Å². The highest BCUT2D eigenvalue weighted by Crippen LogP contribution is 2.41. The molecule has 270 valence electrons. The van der Waals surface area contributed by atoms with Gasteiger partial charge in [-0.1, -0.05) is 158 Å². The summed E-state index contributed by atoms with van der Waals surface area (Å²) in [4.78, 5) is 20.0. The molecule has 0 saturated heterocycles. The second kappa shape index (κ2) is 14.3. The predicted molar refractivity (Wildman–Crippen MR) is 232 cm³/mol. The van der Waals surface area contributed by atoms with E-state index in [-0.39, 0.29) is 0 Å². The maximum atomic E-state index is 6.28. The fourth-order valence-electron chi connectivity index (χ4n) is 7.78. The van der Waals surface area contributed by atoms with Crippen LogP contribution in [0.25, 0.3) is 101 Å². The van der Waals surface area contributed by atoms with Gasteiger partial charge in [-0.05, 0) is 77.1 Å². The molecule has 0 bridgehead atoms. The minimum absolute atomic E-state index is 0.574. The van der Waals surface area contributed by atoms with E-state index in [1.54, 1.807) is 0 Å². The quantitative estimate of drug-likeness (QED) is 0.163. The largest absolute Gasteiger partial charge is 0.456 e. The fourth-order valence-corrected chi connectivity index (χ4v) is 7.78. The monoisotopic (exact) mass is 732 g/mol. The number of para-hydroxylation sites is 1. The Morgan fingerprint density at radius 3 is 1.44 bits per heavy atom. The Hall–Kier alpha value is -7.50. The molecule has 0 saturated carbocycles. The first kappa shape index (κ1) is 34.0. The summed E-state index contributed by atoms with van der Waals surface area (Å²) in [5, 5.41) is 2.14. The van der Waals surface area contributed by atoms with Gasteiger partial charge >= 0.3 is 0 Å². The lowest BCUT2D eigenvalue weighted by molar-refractivity contribution is 0.669. The molecule has 0 N–H and O–H groups in total. The van der Waals surface area contributed by atoms with Gasteiger partial charge in [-0.15, -0.1) is 0 Å². The first-order valence-corrected chi connectivity index (χ1v) is 19.1. The van der Waals surface area contributed by atoms with E-state index in [1.165, 1.54) is 27.8 Å². The smallest absolute Gasteiger partial charge is 0.164 e. The highest BCUT2D eigenvalue weighted by molar-refractivity contribution is 6.05.